The molecule has 1 aliphatic rings. The second-order valence-electron chi connectivity index (χ2n) is 5.20. The van der Waals surface area contributed by atoms with E-state index in [1.807, 2.05) is 6.92 Å². The van der Waals surface area contributed by atoms with Gasteiger partial charge in [0, 0.05) is 10.4 Å². The van der Waals surface area contributed by atoms with Crippen LogP contribution in [0.25, 0.3) is 0 Å². The van der Waals surface area contributed by atoms with Gasteiger partial charge in [0.2, 0.25) is 5.91 Å². The second kappa shape index (κ2) is 5.76. The van der Waals surface area contributed by atoms with Crippen LogP contribution >= 0.6 is 15.9 Å². The Labute approximate surface area is 123 Å². The Morgan fingerprint density at radius 2 is 2.05 bits per heavy atom. The molecule has 110 valence electrons. The summed E-state index contributed by atoms with van der Waals surface area (Å²) >= 11 is 3.17. The lowest BCUT2D eigenvalue weighted by molar-refractivity contribution is -0.137. The largest absolute Gasteiger partial charge is 0.416 e. The first-order valence-electron chi connectivity index (χ1n) is 6.46. The average Bonchev–Trinajstić information content (AvgIpc) is 2.77. The Morgan fingerprint density at radius 1 is 1.35 bits per heavy atom. The van der Waals surface area contributed by atoms with Crippen LogP contribution in [-0.4, -0.2) is 5.91 Å². The van der Waals surface area contributed by atoms with Crippen LogP contribution in [0, 0.1) is 11.8 Å². The fourth-order valence-electron chi connectivity index (χ4n) is 2.56. The number of halogens is 4. The van der Waals surface area contributed by atoms with E-state index in [2.05, 4.69) is 21.2 Å². The number of benzene rings is 1. The second-order valence-corrected chi connectivity index (χ2v) is 6.05. The molecular formula is C14H15BrF3NO. The van der Waals surface area contributed by atoms with E-state index in [9.17, 15) is 18.0 Å². The van der Waals surface area contributed by atoms with Crippen molar-refractivity contribution in [3.8, 4) is 0 Å². The summed E-state index contributed by atoms with van der Waals surface area (Å²) in [4.78, 5) is 12.1. The normalized spacial score (nSPS) is 22.9. The molecule has 0 aromatic heterocycles. The molecule has 0 bridgehead atoms. The van der Waals surface area contributed by atoms with Crippen LogP contribution in [-0.2, 0) is 11.0 Å². The van der Waals surface area contributed by atoms with Crippen LogP contribution in [0.4, 0.5) is 18.9 Å². The smallest absolute Gasteiger partial charge is 0.325 e. The molecule has 6 heteroatoms. The van der Waals surface area contributed by atoms with Crippen LogP contribution in [0.5, 0.6) is 0 Å². The third-order valence-electron chi connectivity index (χ3n) is 3.75. The van der Waals surface area contributed by atoms with E-state index in [-0.39, 0.29) is 23.4 Å². The van der Waals surface area contributed by atoms with Crippen LogP contribution in [0.15, 0.2) is 22.7 Å². The van der Waals surface area contributed by atoms with Gasteiger partial charge >= 0.3 is 6.18 Å². The van der Waals surface area contributed by atoms with Crippen molar-refractivity contribution < 1.29 is 18.0 Å². The highest BCUT2D eigenvalue weighted by molar-refractivity contribution is 9.10. The lowest BCUT2D eigenvalue weighted by atomic mass is 9.97. The summed E-state index contributed by atoms with van der Waals surface area (Å²) in [6.07, 6.45) is -1.64. The molecule has 2 rings (SSSR count). The zero-order valence-corrected chi connectivity index (χ0v) is 12.5. The fraction of sp³-hybridized carbons (Fsp3) is 0.500. The van der Waals surface area contributed by atoms with E-state index in [1.54, 1.807) is 0 Å². The molecule has 2 nitrogen and oxygen atoms in total. The summed E-state index contributed by atoms with van der Waals surface area (Å²) in [6.45, 7) is 2.00. The number of hydrogen-bond acceptors (Lipinski definition) is 1. The molecule has 1 aliphatic carbocycles. The SMILES string of the molecule is CC1CCCC1C(=O)Nc1cc(C(F)(F)F)ccc1Br. The van der Waals surface area contributed by atoms with E-state index < -0.39 is 11.7 Å². The number of anilines is 1. The van der Waals surface area contributed by atoms with Gasteiger partial charge < -0.3 is 5.32 Å². The van der Waals surface area contributed by atoms with Crippen LogP contribution in [0.2, 0.25) is 0 Å². The van der Waals surface area contributed by atoms with E-state index in [0.717, 1.165) is 31.4 Å². The maximum absolute atomic E-state index is 12.7. The molecule has 20 heavy (non-hydrogen) atoms. The molecule has 0 aliphatic heterocycles. The fourth-order valence-corrected chi connectivity index (χ4v) is 2.90. The van der Waals surface area contributed by atoms with Gasteiger partial charge in [0.05, 0.1) is 11.3 Å². The third kappa shape index (κ3) is 3.34. The summed E-state index contributed by atoms with van der Waals surface area (Å²) in [5, 5.41) is 2.61. The van der Waals surface area contributed by atoms with Gasteiger partial charge in [0.25, 0.3) is 0 Å². The Balaban J connectivity index is 2.18. The van der Waals surface area contributed by atoms with E-state index in [1.165, 1.54) is 6.07 Å². The van der Waals surface area contributed by atoms with E-state index >= 15 is 0 Å². The quantitative estimate of drug-likeness (QED) is 0.812. The topological polar surface area (TPSA) is 29.1 Å². The molecule has 0 saturated heterocycles. The Bertz CT molecular complexity index is 516. The van der Waals surface area contributed by atoms with Gasteiger partial charge in [-0.2, -0.15) is 13.2 Å². The number of nitrogens with one attached hydrogen (secondary N) is 1. The highest BCUT2D eigenvalue weighted by Gasteiger charge is 2.32. The van der Waals surface area contributed by atoms with Gasteiger partial charge in [-0.15, -0.1) is 0 Å². The summed E-state index contributed by atoms with van der Waals surface area (Å²) in [7, 11) is 0. The van der Waals surface area contributed by atoms with Gasteiger partial charge in [-0.3, -0.25) is 4.79 Å². The summed E-state index contributed by atoms with van der Waals surface area (Å²) < 4.78 is 38.5. The van der Waals surface area contributed by atoms with Gasteiger partial charge in [0.1, 0.15) is 0 Å². The van der Waals surface area contributed by atoms with Crippen molar-refractivity contribution in [3.63, 3.8) is 0 Å². The van der Waals surface area contributed by atoms with Crippen molar-refractivity contribution >= 4 is 27.5 Å². The minimum atomic E-state index is -4.42. The third-order valence-corrected chi connectivity index (χ3v) is 4.44. The molecule has 1 fully saturated rings. The Hall–Kier alpha value is -1.04. The number of carbonyl (C=O) groups is 1. The van der Waals surface area contributed by atoms with Gasteiger partial charge in [-0.05, 0) is 52.9 Å². The molecule has 0 radical (unpaired) electrons. The first-order chi connectivity index (χ1) is 9.29. The van der Waals surface area contributed by atoms with Gasteiger partial charge in [-0.25, -0.2) is 0 Å². The average molecular weight is 350 g/mol. The van der Waals surface area contributed by atoms with Gasteiger partial charge in [0.15, 0.2) is 0 Å². The lowest BCUT2D eigenvalue weighted by Crippen LogP contribution is -2.25. The van der Waals surface area contributed by atoms with E-state index in [0.29, 0.717) is 4.47 Å². The number of rotatable bonds is 2. The van der Waals surface area contributed by atoms with Crippen LogP contribution in [0.1, 0.15) is 31.7 Å². The van der Waals surface area contributed by atoms with Crippen molar-refractivity contribution in [3.05, 3.63) is 28.2 Å². The van der Waals surface area contributed by atoms with E-state index in [4.69, 9.17) is 0 Å². The van der Waals surface area contributed by atoms with Crippen molar-refractivity contribution in [1.29, 1.82) is 0 Å². The number of amides is 1. The predicted molar refractivity (Wildman–Crippen MR) is 74.3 cm³/mol. The summed E-state index contributed by atoms with van der Waals surface area (Å²) in [5.74, 6) is -0.0361. The number of hydrogen-bond donors (Lipinski definition) is 1. The first-order valence-corrected chi connectivity index (χ1v) is 7.26. The molecule has 2 atom stereocenters. The summed E-state index contributed by atoms with van der Waals surface area (Å²) in [5.41, 5.74) is -0.598. The van der Waals surface area contributed by atoms with Gasteiger partial charge in [-0.1, -0.05) is 13.3 Å². The minimum absolute atomic E-state index is 0.114. The monoisotopic (exact) mass is 349 g/mol. The maximum Gasteiger partial charge on any atom is 0.416 e. The van der Waals surface area contributed by atoms with Crippen LogP contribution < -0.4 is 5.32 Å². The lowest BCUT2D eigenvalue weighted by Gasteiger charge is -2.17. The molecule has 1 aromatic carbocycles. The van der Waals surface area contributed by atoms with Crippen molar-refractivity contribution in [2.75, 3.05) is 5.32 Å². The first kappa shape index (κ1) is 15.4. The molecule has 1 saturated carbocycles. The van der Waals surface area contributed by atoms with Crippen molar-refractivity contribution in [2.24, 2.45) is 11.8 Å². The number of carbonyl (C=O) groups excluding carboxylic acids is 1. The minimum Gasteiger partial charge on any atom is -0.325 e. The van der Waals surface area contributed by atoms with Crippen LogP contribution in [0.3, 0.4) is 0 Å². The molecule has 1 amide bonds. The molecule has 1 aromatic rings. The zero-order valence-electron chi connectivity index (χ0n) is 10.9. The molecule has 2 unspecified atom stereocenters. The summed E-state index contributed by atoms with van der Waals surface area (Å²) in [6, 6.07) is 3.25. The van der Waals surface area contributed by atoms with Crippen molar-refractivity contribution in [1.82, 2.24) is 0 Å². The number of alkyl halides is 3. The molecule has 0 heterocycles. The maximum atomic E-state index is 12.7. The molecular weight excluding hydrogens is 335 g/mol. The Kier molecular flexibility index (Phi) is 4.42. The predicted octanol–water partition coefficient (Wildman–Crippen LogP) is 4.84. The standard InChI is InChI=1S/C14H15BrF3NO/c1-8-3-2-4-10(8)13(20)19-12-7-9(14(16,17)18)5-6-11(12)15/h5-8,10H,2-4H2,1H3,(H,19,20). The highest BCUT2D eigenvalue weighted by Crippen LogP contribution is 2.36. The molecule has 0 spiro atoms. The zero-order chi connectivity index (χ0) is 14.9. The van der Waals surface area contributed by atoms with Crippen molar-refractivity contribution in [2.45, 2.75) is 32.4 Å². The Morgan fingerprint density at radius 3 is 2.60 bits per heavy atom. The molecule has 1 N–H and O–H groups in total. The highest BCUT2D eigenvalue weighted by atomic mass is 79.9.